The average Bonchev–Trinajstić information content (AvgIpc) is 2.89. The Hall–Kier alpha value is -0.740. The summed E-state index contributed by atoms with van der Waals surface area (Å²) in [6, 6.07) is 2.69. The molecule has 0 amide bonds. The molecule has 0 saturated heterocycles. The fourth-order valence-corrected chi connectivity index (χ4v) is 1.34. The fourth-order valence-electron chi connectivity index (χ4n) is 1.03. The molecule has 1 aliphatic carbocycles. The van der Waals surface area contributed by atoms with Gasteiger partial charge in [0.15, 0.2) is 0 Å². The maximum absolute atomic E-state index is 5.41. The highest BCUT2D eigenvalue weighted by molar-refractivity contribution is 7.97. The van der Waals surface area contributed by atoms with Crippen LogP contribution in [0.2, 0.25) is 0 Å². The van der Waals surface area contributed by atoms with Gasteiger partial charge in [0, 0.05) is 17.1 Å². The van der Waals surface area contributed by atoms with E-state index in [9.17, 15) is 0 Å². The molecule has 3 nitrogen and oxygen atoms in total. The first-order chi connectivity index (χ1) is 5.88. The molecule has 0 radical (unpaired) electrons. The lowest BCUT2D eigenvalue weighted by Crippen LogP contribution is -2.01. The molecular weight excluding hydrogens is 170 g/mol. The predicted octanol–water partition coefficient (Wildman–Crippen LogP) is 1.62. The molecule has 2 rings (SSSR count). The van der Waals surface area contributed by atoms with E-state index in [1.54, 1.807) is 6.20 Å². The van der Waals surface area contributed by atoms with Crippen LogP contribution >= 0.6 is 11.9 Å². The largest absolute Gasteiger partial charge is 0.381 e. The van der Waals surface area contributed by atoms with Crippen LogP contribution in [0.1, 0.15) is 12.8 Å². The second-order valence-electron chi connectivity index (χ2n) is 2.95. The summed E-state index contributed by atoms with van der Waals surface area (Å²) in [6.07, 6.45) is 6.15. The average molecular weight is 181 g/mol. The third kappa shape index (κ3) is 1.89. The Morgan fingerprint density at radius 1 is 1.50 bits per heavy atom. The molecular formula is C8H11N3S. The molecule has 0 bridgehead atoms. The molecule has 0 aliphatic heterocycles. The lowest BCUT2D eigenvalue weighted by Gasteiger charge is -2.03. The van der Waals surface area contributed by atoms with Crippen molar-refractivity contribution in [2.24, 2.45) is 5.14 Å². The number of hydrogen-bond donors (Lipinski definition) is 2. The molecule has 1 heterocycles. The maximum Gasteiger partial charge on any atom is 0.0540 e. The number of nitrogens with one attached hydrogen (secondary N) is 1. The zero-order valence-corrected chi connectivity index (χ0v) is 7.47. The first kappa shape index (κ1) is 7.89. The first-order valence-corrected chi connectivity index (χ1v) is 4.85. The van der Waals surface area contributed by atoms with E-state index in [4.69, 9.17) is 5.14 Å². The van der Waals surface area contributed by atoms with Gasteiger partial charge in [-0.2, -0.15) is 0 Å². The SMILES string of the molecule is NSc1cncc(NC2CC2)c1. The van der Waals surface area contributed by atoms with Gasteiger partial charge < -0.3 is 5.32 Å². The summed E-state index contributed by atoms with van der Waals surface area (Å²) < 4.78 is 0. The summed E-state index contributed by atoms with van der Waals surface area (Å²) in [7, 11) is 0. The van der Waals surface area contributed by atoms with Gasteiger partial charge in [0.05, 0.1) is 11.9 Å². The van der Waals surface area contributed by atoms with E-state index in [1.165, 1.54) is 24.8 Å². The number of rotatable bonds is 3. The highest BCUT2D eigenvalue weighted by Gasteiger charge is 2.20. The van der Waals surface area contributed by atoms with Gasteiger partial charge >= 0.3 is 0 Å². The minimum Gasteiger partial charge on any atom is -0.381 e. The maximum atomic E-state index is 5.41. The van der Waals surface area contributed by atoms with Gasteiger partial charge in [-0.3, -0.25) is 10.1 Å². The minimum atomic E-state index is 0.671. The Balaban J connectivity index is 2.08. The third-order valence-corrected chi connectivity index (χ3v) is 2.29. The topological polar surface area (TPSA) is 50.9 Å². The van der Waals surface area contributed by atoms with E-state index in [1.807, 2.05) is 12.3 Å². The van der Waals surface area contributed by atoms with Crippen molar-refractivity contribution < 1.29 is 0 Å². The molecule has 3 N–H and O–H groups in total. The second-order valence-corrected chi connectivity index (χ2v) is 3.65. The van der Waals surface area contributed by atoms with Crippen LogP contribution in [0.3, 0.4) is 0 Å². The number of pyridine rings is 1. The molecule has 0 spiro atoms. The highest BCUT2D eigenvalue weighted by Crippen LogP contribution is 2.25. The molecule has 0 atom stereocenters. The van der Waals surface area contributed by atoms with Gasteiger partial charge in [0.1, 0.15) is 0 Å². The molecule has 1 saturated carbocycles. The van der Waals surface area contributed by atoms with Crippen LogP contribution in [-0.4, -0.2) is 11.0 Å². The molecule has 1 aromatic heterocycles. The molecule has 64 valence electrons. The Morgan fingerprint density at radius 3 is 3.00 bits per heavy atom. The monoisotopic (exact) mass is 181 g/mol. The molecule has 0 aromatic carbocycles. The number of anilines is 1. The Kier molecular flexibility index (Phi) is 2.19. The van der Waals surface area contributed by atoms with Crippen LogP contribution in [-0.2, 0) is 0 Å². The normalized spacial score (nSPS) is 16.1. The van der Waals surface area contributed by atoms with Gasteiger partial charge in [-0.15, -0.1) is 0 Å². The lowest BCUT2D eigenvalue weighted by molar-refractivity contribution is 1.12. The summed E-state index contributed by atoms with van der Waals surface area (Å²) in [4.78, 5) is 5.07. The van der Waals surface area contributed by atoms with Gasteiger partial charge in [-0.05, 0) is 30.9 Å². The highest BCUT2D eigenvalue weighted by atomic mass is 32.2. The Labute approximate surface area is 75.9 Å². The third-order valence-electron chi connectivity index (χ3n) is 1.80. The number of nitrogens with two attached hydrogens (primary N) is 1. The van der Waals surface area contributed by atoms with Gasteiger partial charge in [-0.1, -0.05) is 0 Å². The molecule has 1 fully saturated rings. The summed E-state index contributed by atoms with van der Waals surface area (Å²) in [5.74, 6) is 0. The van der Waals surface area contributed by atoms with Crippen LogP contribution in [0.15, 0.2) is 23.4 Å². The fraction of sp³-hybridized carbons (Fsp3) is 0.375. The first-order valence-electron chi connectivity index (χ1n) is 3.97. The standard InChI is InChI=1S/C8H11N3S/c9-12-8-3-7(4-10-5-8)11-6-1-2-6/h3-6,11H,1-2,9H2. The van der Waals surface area contributed by atoms with E-state index < -0.39 is 0 Å². The van der Waals surface area contributed by atoms with E-state index >= 15 is 0 Å². The van der Waals surface area contributed by atoms with E-state index in [-0.39, 0.29) is 0 Å². The van der Waals surface area contributed by atoms with Crippen molar-refractivity contribution in [3.63, 3.8) is 0 Å². The van der Waals surface area contributed by atoms with Crippen molar-refractivity contribution in [1.29, 1.82) is 0 Å². The van der Waals surface area contributed by atoms with Crippen molar-refractivity contribution in [2.45, 2.75) is 23.8 Å². The van der Waals surface area contributed by atoms with Crippen LogP contribution in [0.4, 0.5) is 5.69 Å². The number of aromatic nitrogens is 1. The summed E-state index contributed by atoms with van der Waals surface area (Å²) in [6.45, 7) is 0. The van der Waals surface area contributed by atoms with E-state index in [0.29, 0.717) is 6.04 Å². The van der Waals surface area contributed by atoms with Gasteiger partial charge in [0.2, 0.25) is 0 Å². The van der Waals surface area contributed by atoms with Crippen molar-refractivity contribution in [1.82, 2.24) is 4.98 Å². The number of nitrogens with zero attached hydrogens (tertiary/aromatic N) is 1. The van der Waals surface area contributed by atoms with Crippen LogP contribution in [0, 0.1) is 0 Å². The summed E-state index contributed by atoms with van der Waals surface area (Å²) in [5.41, 5.74) is 1.08. The van der Waals surface area contributed by atoms with Crippen LogP contribution in [0.25, 0.3) is 0 Å². The Morgan fingerprint density at radius 2 is 2.33 bits per heavy atom. The van der Waals surface area contributed by atoms with Gasteiger partial charge in [-0.25, -0.2) is 0 Å². The van der Waals surface area contributed by atoms with E-state index in [2.05, 4.69) is 10.3 Å². The Bertz CT molecular complexity index is 273. The molecule has 12 heavy (non-hydrogen) atoms. The van der Waals surface area contributed by atoms with E-state index in [0.717, 1.165) is 10.6 Å². The molecule has 1 aliphatic rings. The predicted molar refractivity (Wildman–Crippen MR) is 50.9 cm³/mol. The van der Waals surface area contributed by atoms with Crippen molar-refractivity contribution >= 4 is 17.6 Å². The zero-order chi connectivity index (χ0) is 8.39. The number of hydrogen-bond acceptors (Lipinski definition) is 4. The quantitative estimate of drug-likeness (QED) is 0.696. The smallest absolute Gasteiger partial charge is 0.0540 e. The summed E-state index contributed by atoms with van der Waals surface area (Å²) in [5, 5.41) is 8.77. The van der Waals surface area contributed by atoms with Crippen molar-refractivity contribution in [3.8, 4) is 0 Å². The van der Waals surface area contributed by atoms with Crippen LogP contribution in [0.5, 0.6) is 0 Å². The van der Waals surface area contributed by atoms with Crippen LogP contribution < -0.4 is 10.5 Å². The molecule has 0 unspecified atom stereocenters. The molecule has 1 aromatic rings. The summed E-state index contributed by atoms with van der Waals surface area (Å²) >= 11 is 1.23. The second kappa shape index (κ2) is 3.33. The zero-order valence-electron chi connectivity index (χ0n) is 6.66. The molecule has 4 heteroatoms. The van der Waals surface area contributed by atoms with Crippen molar-refractivity contribution in [2.75, 3.05) is 5.32 Å². The van der Waals surface area contributed by atoms with Gasteiger partial charge in [0.25, 0.3) is 0 Å². The van der Waals surface area contributed by atoms with Crippen molar-refractivity contribution in [3.05, 3.63) is 18.5 Å². The minimum absolute atomic E-state index is 0.671. The lowest BCUT2D eigenvalue weighted by atomic mass is 10.4.